The summed E-state index contributed by atoms with van der Waals surface area (Å²) >= 11 is 12.1. The zero-order valence-corrected chi connectivity index (χ0v) is 11.5. The van der Waals surface area contributed by atoms with Crippen molar-refractivity contribution in [3.63, 3.8) is 0 Å². The molecule has 0 aliphatic heterocycles. The average Bonchev–Trinajstić information content (AvgIpc) is 2.34. The van der Waals surface area contributed by atoms with Crippen molar-refractivity contribution in [2.24, 2.45) is 5.73 Å². The first-order valence-corrected chi connectivity index (χ1v) is 6.43. The van der Waals surface area contributed by atoms with Crippen LogP contribution < -0.4 is 5.73 Å². The molecule has 1 heterocycles. The second-order valence-corrected chi connectivity index (χ2v) is 5.12. The molecule has 4 heteroatoms. The third-order valence-corrected chi connectivity index (χ3v) is 3.51. The number of hydrogen-bond acceptors (Lipinski definition) is 2. The molecule has 1 unspecified atom stereocenters. The van der Waals surface area contributed by atoms with Crippen LogP contribution in [0.2, 0.25) is 10.0 Å². The summed E-state index contributed by atoms with van der Waals surface area (Å²) in [5.41, 5.74) is 9.35. The molecular formula is C14H14Cl2N2. The summed E-state index contributed by atoms with van der Waals surface area (Å²) in [6.07, 6.45) is 4.22. The Morgan fingerprint density at radius 3 is 2.78 bits per heavy atom. The maximum absolute atomic E-state index is 6.22. The molecular weight excluding hydrogens is 267 g/mol. The Morgan fingerprint density at radius 1 is 1.28 bits per heavy atom. The lowest BCUT2D eigenvalue weighted by atomic mass is 9.97. The van der Waals surface area contributed by atoms with E-state index < -0.39 is 0 Å². The molecule has 2 aromatic rings. The molecule has 1 aromatic carbocycles. The van der Waals surface area contributed by atoms with Gasteiger partial charge in [0.15, 0.2) is 0 Å². The molecule has 18 heavy (non-hydrogen) atoms. The number of rotatable bonds is 3. The van der Waals surface area contributed by atoms with Gasteiger partial charge in [-0.3, -0.25) is 4.98 Å². The molecule has 0 bridgehead atoms. The Hall–Kier alpha value is -1.09. The predicted octanol–water partition coefficient (Wildman–Crippen LogP) is 3.94. The Labute approximate surface area is 117 Å². The number of benzene rings is 1. The summed E-state index contributed by atoms with van der Waals surface area (Å²) in [5, 5.41) is 1.37. The molecule has 1 aromatic heterocycles. The quantitative estimate of drug-likeness (QED) is 0.925. The lowest BCUT2D eigenvalue weighted by Gasteiger charge is -2.15. The van der Waals surface area contributed by atoms with E-state index in [1.807, 2.05) is 25.3 Å². The number of aromatic nitrogens is 1. The zero-order valence-electron chi connectivity index (χ0n) is 10.0. The van der Waals surface area contributed by atoms with Gasteiger partial charge in [0.1, 0.15) is 0 Å². The number of pyridine rings is 1. The van der Waals surface area contributed by atoms with E-state index in [1.165, 1.54) is 0 Å². The highest BCUT2D eigenvalue weighted by molar-refractivity contribution is 6.33. The highest BCUT2D eigenvalue weighted by Crippen LogP contribution is 2.26. The fraction of sp³-hybridized carbons (Fsp3) is 0.214. The van der Waals surface area contributed by atoms with Gasteiger partial charge in [-0.1, -0.05) is 23.2 Å². The topological polar surface area (TPSA) is 38.9 Å². The first-order valence-electron chi connectivity index (χ1n) is 5.68. The Kier molecular flexibility index (Phi) is 4.23. The maximum atomic E-state index is 6.22. The number of halogens is 2. The predicted molar refractivity (Wildman–Crippen MR) is 76.1 cm³/mol. The first kappa shape index (κ1) is 13.3. The minimum absolute atomic E-state index is 0.107. The van der Waals surface area contributed by atoms with E-state index in [0.717, 1.165) is 16.7 Å². The fourth-order valence-corrected chi connectivity index (χ4v) is 2.34. The third-order valence-electron chi connectivity index (χ3n) is 2.91. The van der Waals surface area contributed by atoms with E-state index >= 15 is 0 Å². The van der Waals surface area contributed by atoms with Gasteiger partial charge in [0.05, 0.1) is 0 Å². The van der Waals surface area contributed by atoms with E-state index in [9.17, 15) is 0 Å². The largest absolute Gasteiger partial charge is 0.324 e. The second-order valence-electron chi connectivity index (χ2n) is 4.28. The third kappa shape index (κ3) is 3.02. The van der Waals surface area contributed by atoms with Gasteiger partial charge in [-0.05, 0) is 54.3 Å². The van der Waals surface area contributed by atoms with Gasteiger partial charge in [0.25, 0.3) is 0 Å². The van der Waals surface area contributed by atoms with Crippen LogP contribution in [0.4, 0.5) is 0 Å². The van der Waals surface area contributed by atoms with E-state index in [1.54, 1.807) is 18.3 Å². The van der Waals surface area contributed by atoms with Crippen LogP contribution in [0.5, 0.6) is 0 Å². The van der Waals surface area contributed by atoms with Gasteiger partial charge in [-0.25, -0.2) is 0 Å². The second kappa shape index (κ2) is 5.70. The lowest BCUT2D eigenvalue weighted by molar-refractivity contribution is 0.715. The molecule has 94 valence electrons. The summed E-state index contributed by atoms with van der Waals surface area (Å²) in [4.78, 5) is 4.06. The molecule has 0 saturated heterocycles. The number of hydrogen-bond donors (Lipinski definition) is 1. The number of nitrogens with two attached hydrogens (primary N) is 1. The van der Waals surface area contributed by atoms with Crippen LogP contribution in [0, 0.1) is 6.92 Å². The normalized spacial score (nSPS) is 12.4. The van der Waals surface area contributed by atoms with Crippen LogP contribution in [0.15, 0.2) is 36.7 Å². The van der Waals surface area contributed by atoms with Crippen LogP contribution in [0.25, 0.3) is 0 Å². The standard InChI is InChI=1S/C14H14Cl2N2/c1-9-8-18-5-4-12(9)14(17)7-10-6-11(15)2-3-13(10)16/h2-6,8,14H,7,17H2,1H3. The summed E-state index contributed by atoms with van der Waals surface area (Å²) < 4.78 is 0. The molecule has 0 radical (unpaired) electrons. The van der Waals surface area contributed by atoms with Crippen LogP contribution >= 0.6 is 23.2 Å². The summed E-state index contributed by atoms with van der Waals surface area (Å²) in [7, 11) is 0. The van der Waals surface area contributed by atoms with E-state index in [0.29, 0.717) is 16.5 Å². The van der Waals surface area contributed by atoms with Crippen molar-refractivity contribution in [2.75, 3.05) is 0 Å². The van der Waals surface area contributed by atoms with Crippen LogP contribution in [0.1, 0.15) is 22.7 Å². The molecule has 2 rings (SSSR count). The van der Waals surface area contributed by atoms with Crippen molar-refractivity contribution in [1.29, 1.82) is 0 Å². The van der Waals surface area contributed by atoms with Crippen molar-refractivity contribution in [2.45, 2.75) is 19.4 Å². The molecule has 0 saturated carbocycles. The molecule has 0 amide bonds. The van der Waals surface area contributed by atoms with Gasteiger partial charge in [0, 0.05) is 28.5 Å². The van der Waals surface area contributed by atoms with Crippen molar-refractivity contribution in [3.8, 4) is 0 Å². The van der Waals surface area contributed by atoms with Crippen molar-refractivity contribution >= 4 is 23.2 Å². The molecule has 2 nitrogen and oxygen atoms in total. The summed E-state index contributed by atoms with van der Waals surface area (Å²) in [6, 6.07) is 7.27. The Balaban J connectivity index is 2.24. The minimum atomic E-state index is -0.107. The average molecular weight is 281 g/mol. The molecule has 0 fully saturated rings. The first-order chi connectivity index (χ1) is 8.58. The Morgan fingerprint density at radius 2 is 2.06 bits per heavy atom. The minimum Gasteiger partial charge on any atom is -0.324 e. The maximum Gasteiger partial charge on any atom is 0.0439 e. The van der Waals surface area contributed by atoms with Crippen molar-refractivity contribution in [1.82, 2.24) is 4.98 Å². The van der Waals surface area contributed by atoms with Crippen molar-refractivity contribution in [3.05, 3.63) is 63.4 Å². The number of nitrogens with zero attached hydrogens (tertiary/aromatic N) is 1. The SMILES string of the molecule is Cc1cnccc1C(N)Cc1cc(Cl)ccc1Cl. The molecule has 0 aliphatic carbocycles. The monoisotopic (exact) mass is 280 g/mol. The van der Waals surface area contributed by atoms with Crippen molar-refractivity contribution < 1.29 is 0 Å². The van der Waals surface area contributed by atoms with Crippen LogP contribution in [0.3, 0.4) is 0 Å². The van der Waals surface area contributed by atoms with Gasteiger partial charge in [-0.15, -0.1) is 0 Å². The van der Waals surface area contributed by atoms with E-state index in [-0.39, 0.29) is 6.04 Å². The number of aryl methyl sites for hydroxylation is 1. The van der Waals surface area contributed by atoms with E-state index in [2.05, 4.69) is 4.98 Å². The van der Waals surface area contributed by atoms with Gasteiger partial charge < -0.3 is 5.73 Å². The molecule has 0 aliphatic rings. The van der Waals surface area contributed by atoms with Gasteiger partial charge >= 0.3 is 0 Å². The zero-order chi connectivity index (χ0) is 13.1. The Bertz CT molecular complexity index is 555. The highest BCUT2D eigenvalue weighted by Gasteiger charge is 2.12. The van der Waals surface area contributed by atoms with Gasteiger partial charge in [0.2, 0.25) is 0 Å². The van der Waals surface area contributed by atoms with Crippen LogP contribution in [-0.4, -0.2) is 4.98 Å². The summed E-state index contributed by atoms with van der Waals surface area (Å²) in [5.74, 6) is 0. The summed E-state index contributed by atoms with van der Waals surface area (Å²) in [6.45, 7) is 2.00. The molecule has 1 atom stereocenters. The molecule has 2 N–H and O–H groups in total. The highest BCUT2D eigenvalue weighted by atomic mass is 35.5. The molecule has 0 spiro atoms. The fourth-order valence-electron chi connectivity index (χ4n) is 1.95. The smallest absolute Gasteiger partial charge is 0.0439 e. The van der Waals surface area contributed by atoms with Gasteiger partial charge in [-0.2, -0.15) is 0 Å². The van der Waals surface area contributed by atoms with Crippen LogP contribution in [-0.2, 0) is 6.42 Å². The lowest BCUT2D eigenvalue weighted by Crippen LogP contribution is -2.15. The van der Waals surface area contributed by atoms with E-state index in [4.69, 9.17) is 28.9 Å².